The minimum Gasteiger partial charge on any atom is -0.429 e. The van der Waals surface area contributed by atoms with Gasteiger partial charge < -0.3 is 19.3 Å². The number of aromatic amines is 1. The van der Waals surface area contributed by atoms with Crippen LogP contribution >= 0.6 is 0 Å². The first kappa shape index (κ1) is 18.9. The molecule has 1 aromatic heterocycles. The van der Waals surface area contributed by atoms with Crippen molar-refractivity contribution in [1.82, 2.24) is 9.55 Å². The lowest BCUT2D eigenvalue weighted by molar-refractivity contribution is -0.0583. The van der Waals surface area contributed by atoms with E-state index in [9.17, 15) is 19.5 Å². The van der Waals surface area contributed by atoms with Crippen LogP contribution in [0.4, 0.5) is 4.79 Å². The van der Waals surface area contributed by atoms with E-state index >= 15 is 0 Å². The fourth-order valence-corrected chi connectivity index (χ4v) is 2.83. The molecule has 1 saturated heterocycles. The number of aryl methyl sites for hydroxylation is 1. The Morgan fingerprint density at radius 2 is 2.07 bits per heavy atom. The summed E-state index contributed by atoms with van der Waals surface area (Å²) in [7, 11) is 0. The summed E-state index contributed by atoms with van der Waals surface area (Å²) in [4.78, 5) is 37.6. The largest absolute Gasteiger partial charge is 0.508 e. The highest BCUT2D eigenvalue weighted by Crippen LogP contribution is 2.30. The minimum absolute atomic E-state index is 0.0546. The molecule has 27 heavy (non-hydrogen) atoms. The first-order valence-corrected chi connectivity index (χ1v) is 8.43. The summed E-state index contributed by atoms with van der Waals surface area (Å²) >= 11 is 0. The second-order valence-electron chi connectivity index (χ2n) is 6.21. The molecule has 0 bridgehead atoms. The predicted octanol–water partition coefficient (Wildman–Crippen LogP) is 0.847. The van der Waals surface area contributed by atoms with Gasteiger partial charge in [-0.1, -0.05) is 30.3 Å². The number of aromatic nitrogens is 2. The molecule has 3 rings (SSSR count). The molecule has 3 atom stereocenters. The molecule has 1 aliphatic heterocycles. The van der Waals surface area contributed by atoms with Gasteiger partial charge in [0.1, 0.15) is 25.0 Å². The molecular formula is C18H20N2O7. The van der Waals surface area contributed by atoms with Crippen LogP contribution in [0.3, 0.4) is 0 Å². The van der Waals surface area contributed by atoms with Crippen molar-refractivity contribution in [1.29, 1.82) is 0 Å². The fraction of sp³-hybridized carbons (Fsp3) is 0.389. The number of hydrogen-bond donors (Lipinski definition) is 2. The second-order valence-corrected chi connectivity index (χ2v) is 6.21. The van der Waals surface area contributed by atoms with Crippen LogP contribution in [-0.2, 0) is 20.8 Å². The molecule has 1 aromatic carbocycles. The predicted molar refractivity (Wildman–Crippen MR) is 93.2 cm³/mol. The van der Waals surface area contributed by atoms with E-state index in [1.165, 1.54) is 10.8 Å². The van der Waals surface area contributed by atoms with Gasteiger partial charge in [0.2, 0.25) is 0 Å². The maximum Gasteiger partial charge on any atom is 0.508 e. The highest BCUT2D eigenvalue weighted by molar-refractivity contribution is 5.60. The van der Waals surface area contributed by atoms with Crippen molar-refractivity contribution in [3.8, 4) is 0 Å². The average Bonchev–Trinajstić information content (AvgIpc) is 3.06. The topological polar surface area (TPSA) is 120 Å². The van der Waals surface area contributed by atoms with Gasteiger partial charge in [-0.15, -0.1) is 0 Å². The van der Waals surface area contributed by atoms with Crippen LogP contribution in [0.2, 0.25) is 0 Å². The third-order valence-electron chi connectivity index (χ3n) is 4.26. The lowest BCUT2D eigenvalue weighted by Crippen LogP contribution is -2.33. The monoisotopic (exact) mass is 376 g/mol. The molecule has 0 radical (unpaired) electrons. The SMILES string of the molecule is Cc1cn([C@H]2C[C@H](OC(=O)OCc3ccccc3)[C@@H](CO)O2)c(=O)[nH]c1=O. The van der Waals surface area contributed by atoms with E-state index in [-0.39, 0.29) is 13.0 Å². The van der Waals surface area contributed by atoms with Crippen LogP contribution in [-0.4, -0.2) is 39.6 Å². The summed E-state index contributed by atoms with van der Waals surface area (Å²) in [6.45, 7) is 1.21. The van der Waals surface area contributed by atoms with E-state index in [0.29, 0.717) is 5.56 Å². The molecule has 2 N–H and O–H groups in total. The smallest absolute Gasteiger partial charge is 0.429 e. The Bertz CT molecular complexity index is 906. The van der Waals surface area contributed by atoms with Crippen molar-refractivity contribution < 1.29 is 24.1 Å². The standard InChI is InChI=1S/C18H20N2O7/c1-11-8-20(17(23)19-16(11)22)15-7-13(14(9-21)26-15)27-18(24)25-10-12-5-3-2-4-6-12/h2-6,8,13-15,21H,7,9-10H2,1H3,(H,19,22,23)/t13-,14+,15+/m0/s1. The Hall–Kier alpha value is -2.91. The average molecular weight is 376 g/mol. The molecule has 0 amide bonds. The number of ether oxygens (including phenoxy) is 3. The van der Waals surface area contributed by atoms with Gasteiger partial charge in [0.15, 0.2) is 0 Å². The molecule has 2 aromatic rings. The Morgan fingerprint density at radius 3 is 2.78 bits per heavy atom. The van der Waals surface area contributed by atoms with Crippen molar-refractivity contribution in [3.63, 3.8) is 0 Å². The number of carbonyl (C=O) groups excluding carboxylic acids is 1. The van der Waals surface area contributed by atoms with Gasteiger partial charge >= 0.3 is 11.8 Å². The van der Waals surface area contributed by atoms with Crippen molar-refractivity contribution in [2.75, 3.05) is 6.61 Å². The number of aliphatic hydroxyl groups excluding tert-OH is 1. The molecule has 1 fully saturated rings. The zero-order valence-corrected chi connectivity index (χ0v) is 14.7. The van der Waals surface area contributed by atoms with Crippen molar-refractivity contribution in [2.24, 2.45) is 0 Å². The van der Waals surface area contributed by atoms with Crippen LogP contribution in [0.5, 0.6) is 0 Å². The maximum atomic E-state index is 12.0. The van der Waals surface area contributed by atoms with Crippen molar-refractivity contribution in [3.05, 3.63) is 68.5 Å². The molecular weight excluding hydrogens is 356 g/mol. The summed E-state index contributed by atoms with van der Waals surface area (Å²) in [5, 5.41) is 9.49. The van der Waals surface area contributed by atoms with Gasteiger partial charge in [0.05, 0.1) is 6.61 Å². The Kier molecular flexibility index (Phi) is 5.72. The summed E-state index contributed by atoms with van der Waals surface area (Å²) < 4.78 is 17.1. The quantitative estimate of drug-likeness (QED) is 0.742. The van der Waals surface area contributed by atoms with Crippen LogP contribution in [0.1, 0.15) is 23.8 Å². The highest BCUT2D eigenvalue weighted by atomic mass is 16.7. The van der Waals surface area contributed by atoms with E-state index < -0.39 is 42.4 Å². The second kappa shape index (κ2) is 8.19. The van der Waals surface area contributed by atoms with Crippen LogP contribution in [0.15, 0.2) is 46.1 Å². The van der Waals surface area contributed by atoms with E-state index in [1.54, 1.807) is 6.92 Å². The number of nitrogens with zero attached hydrogens (tertiary/aromatic N) is 1. The number of carbonyl (C=O) groups is 1. The van der Waals surface area contributed by atoms with E-state index in [2.05, 4.69) is 4.98 Å². The molecule has 1 aliphatic rings. The molecule has 2 heterocycles. The zero-order valence-electron chi connectivity index (χ0n) is 14.7. The third kappa shape index (κ3) is 4.44. The van der Waals surface area contributed by atoms with E-state index in [4.69, 9.17) is 14.2 Å². The van der Waals surface area contributed by atoms with Crippen LogP contribution < -0.4 is 11.2 Å². The van der Waals surface area contributed by atoms with E-state index in [0.717, 1.165) is 5.56 Å². The zero-order chi connectivity index (χ0) is 19.4. The molecule has 0 saturated carbocycles. The van der Waals surface area contributed by atoms with Crippen molar-refractivity contribution >= 4 is 6.16 Å². The molecule has 0 aliphatic carbocycles. The number of hydrogen-bond acceptors (Lipinski definition) is 7. The third-order valence-corrected chi connectivity index (χ3v) is 4.26. The lowest BCUT2D eigenvalue weighted by Gasteiger charge is -2.16. The summed E-state index contributed by atoms with van der Waals surface area (Å²) in [6.07, 6.45) is -1.76. The van der Waals surface area contributed by atoms with Gasteiger partial charge in [-0.2, -0.15) is 0 Å². The summed E-state index contributed by atoms with van der Waals surface area (Å²) in [6, 6.07) is 9.12. The minimum atomic E-state index is -0.892. The molecule has 144 valence electrons. The number of nitrogens with one attached hydrogen (secondary N) is 1. The van der Waals surface area contributed by atoms with E-state index in [1.807, 2.05) is 30.3 Å². The van der Waals surface area contributed by atoms with Gasteiger partial charge in [-0.25, -0.2) is 9.59 Å². The Labute approximate surface area is 154 Å². The number of H-pyrrole nitrogens is 1. The van der Waals surface area contributed by atoms with Crippen LogP contribution in [0.25, 0.3) is 0 Å². The van der Waals surface area contributed by atoms with Gasteiger partial charge in [0.25, 0.3) is 5.56 Å². The highest BCUT2D eigenvalue weighted by Gasteiger charge is 2.39. The Morgan fingerprint density at radius 1 is 1.33 bits per heavy atom. The first-order chi connectivity index (χ1) is 13.0. The summed E-state index contributed by atoms with van der Waals surface area (Å²) in [5.41, 5.74) is 0.0270. The number of rotatable bonds is 5. The van der Waals surface area contributed by atoms with Gasteiger partial charge in [0, 0.05) is 18.2 Å². The van der Waals surface area contributed by atoms with Gasteiger partial charge in [-0.05, 0) is 12.5 Å². The summed E-state index contributed by atoms with van der Waals surface area (Å²) in [5.74, 6) is 0. The van der Waals surface area contributed by atoms with Gasteiger partial charge in [-0.3, -0.25) is 14.3 Å². The normalized spacial score (nSPS) is 21.8. The molecule has 9 heteroatoms. The number of aliphatic hydroxyl groups is 1. The molecule has 0 unspecified atom stereocenters. The lowest BCUT2D eigenvalue weighted by atomic mass is 10.2. The number of benzene rings is 1. The maximum absolute atomic E-state index is 12.0. The molecule has 9 nitrogen and oxygen atoms in total. The Balaban J connectivity index is 1.64. The fourth-order valence-electron chi connectivity index (χ4n) is 2.83. The first-order valence-electron chi connectivity index (χ1n) is 8.43. The van der Waals surface area contributed by atoms with Crippen LogP contribution in [0, 0.1) is 6.92 Å². The molecule has 0 spiro atoms. The van der Waals surface area contributed by atoms with Crippen molar-refractivity contribution in [2.45, 2.75) is 38.4 Å².